The zero-order chi connectivity index (χ0) is 12.4. The summed E-state index contributed by atoms with van der Waals surface area (Å²) in [4.78, 5) is 0. The van der Waals surface area contributed by atoms with Crippen molar-refractivity contribution in [2.45, 2.75) is 33.2 Å². The molecule has 1 aromatic heterocycles. The summed E-state index contributed by atoms with van der Waals surface area (Å²) in [6, 6.07) is 0.365. The molecule has 1 aliphatic rings. The summed E-state index contributed by atoms with van der Waals surface area (Å²) < 4.78 is 7.35. The van der Waals surface area contributed by atoms with Gasteiger partial charge < -0.3 is 10.1 Å². The second kappa shape index (κ2) is 5.19. The van der Waals surface area contributed by atoms with Crippen LogP contribution in [0.5, 0.6) is 0 Å². The van der Waals surface area contributed by atoms with Crippen molar-refractivity contribution in [3.8, 4) is 0 Å². The molecule has 1 N–H and O–H groups in total. The summed E-state index contributed by atoms with van der Waals surface area (Å²) in [6.07, 6.45) is 1.19. The summed E-state index contributed by atoms with van der Waals surface area (Å²) >= 11 is 0. The zero-order valence-electron chi connectivity index (χ0n) is 11.3. The molecule has 0 saturated carbocycles. The lowest BCUT2D eigenvalue weighted by atomic mass is 10.0. The maximum absolute atomic E-state index is 5.39. The van der Waals surface area contributed by atoms with Gasteiger partial charge in [-0.25, -0.2) is 0 Å². The van der Waals surface area contributed by atoms with Gasteiger partial charge in [-0.1, -0.05) is 0 Å². The van der Waals surface area contributed by atoms with Crippen molar-refractivity contribution in [3.05, 3.63) is 17.0 Å². The highest BCUT2D eigenvalue weighted by Gasteiger charge is 2.19. The lowest BCUT2D eigenvalue weighted by Gasteiger charge is -2.17. The van der Waals surface area contributed by atoms with Crippen molar-refractivity contribution in [1.82, 2.24) is 15.1 Å². The Morgan fingerprint density at radius 1 is 1.53 bits per heavy atom. The molecule has 2 rings (SSSR count). The minimum absolute atomic E-state index is 0.365. The van der Waals surface area contributed by atoms with Gasteiger partial charge >= 0.3 is 0 Å². The number of ether oxygens (including phenoxy) is 1. The van der Waals surface area contributed by atoms with Crippen LogP contribution in [0.3, 0.4) is 0 Å². The van der Waals surface area contributed by atoms with Gasteiger partial charge in [-0.2, -0.15) is 5.10 Å². The minimum atomic E-state index is 0.365. The lowest BCUT2D eigenvalue weighted by molar-refractivity contribution is 0.184. The van der Waals surface area contributed by atoms with Gasteiger partial charge in [-0.15, -0.1) is 0 Å². The molecule has 2 unspecified atom stereocenters. The van der Waals surface area contributed by atoms with Gasteiger partial charge in [0.1, 0.15) is 0 Å². The molecule has 2 atom stereocenters. The van der Waals surface area contributed by atoms with Crippen LogP contribution in [0.2, 0.25) is 0 Å². The van der Waals surface area contributed by atoms with Crippen LogP contribution in [0.4, 0.5) is 0 Å². The van der Waals surface area contributed by atoms with E-state index < -0.39 is 0 Å². The minimum Gasteiger partial charge on any atom is -0.381 e. The molecule has 17 heavy (non-hydrogen) atoms. The average Bonchev–Trinajstić information content (AvgIpc) is 2.86. The second-order valence-corrected chi connectivity index (χ2v) is 5.07. The van der Waals surface area contributed by atoms with Crippen molar-refractivity contribution < 1.29 is 4.74 Å². The SMILES string of the molecule is Cc1nn(C)c(C)c1C(C)NCC1CCOC1. The molecule has 0 aliphatic carbocycles. The van der Waals surface area contributed by atoms with Gasteiger partial charge in [0.2, 0.25) is 0 Å². The highest BCUT2D eigenvalue weighted by Crippen LogP contribution is 2.21. The molecular formula is C13H23N3O. The van der Waals surface area contributed by atoms with Gasteiger partial charge in [0.05, 0.1) is 12.3 Å². The van der Waals surface area contributed by atoms with Crippen LogP contribution in [-0.4, -0.2) is 29.5 Å². The first kappa shape index (κ1) is 12.6. The molecule has 0 bridgehead atoms. The molecular weight excluding hydrogens is 214 g/mol. The number of aromatic nitrogens is 2. The smallest absolute Gasteiger partial charge is 0.0644 e. The third-order valence-corrected chi connectivity index (χ3v) is 3.73. The standard InChI is InChI=1S/C13H23N3O/c1-9(14-7-12-5-6-17-8-12)13-10(2)15-16(4)11(13)3/h9,12,14H,5-8H2,1-4H3. The van der Waals surface area contributed by atoms with Gasteiger partial charge in [-0.3, -0.25) is 4.68 Å². The Labute approximate surface area is 103 Å². The summed E-state index contributed by atoms with van der Waals surface area (Å²) in [5.41, 5.74) is 3.73. The van der Waals surface area contributed by atoms with E-state index in [9.17, 15) is 0 Å². The maximum Gasteiger partial charge on any atom is 0.0644 e. The van der Waals surface area contributed by atoms with Crippen LogP contribution in [0.25, 0.3) is 0 Å². The number of nitrogens with zero attached hydrogens (tertiary/aromatic N) is 2. The van der Waals surface area contributed by atoms with Crippen molar-refractivity contribution in [1.29, 1.82) is 0 Å². The van der Waals surface area contributed by atoms with E-state index in [4.69, 9.17) is 4.74 Å². The Balaban J connectivity index is 1.96. The highest BCUT2D eigenvalue weighted by atomic mass is 16.5. The van der Waals surface area contributed by atoms with E-state index in [1.165, 1.54) is 17.7 Å². The predicted octanol–water partition coefficient (Wildman–Crippen LogP) is 1.72. The van der Waals surface area contributed by atoms with E-state index in [2.05, 4.69) is 31.2 Å². The third kappa shape index (κ3) is 2.69. The third-order valence-electron chi connectivity index (χ3n) is 3.73. The summed E-state index contributed by atoms with van der Waals surface area (Å²) in [7, 11) is 2.00. The van der Waals surface area contributed by atoms with Crippen LogP contribution in [0, 0.1) is 19.8 Å². The Morgan fingerprint density at radius 3 is 2.82 bits per heavy atom. The van der Waals surface area contributed by atoms with E-state index >= 15 is 0 Å². The van der Waals surface area contributed by atoms with E-state index in [0.29, 0.717) is 12.0 Å². The molecule has 0 spiro atoms. The summed E-state index contributed by atoms with van der Waals surface area (Å²) in [5.74, 6) is 0.676. The fourth-order valence-electron chi connectivity index (χ4n) is 2.61. The van der Waals surface area contributed by atoms with Crippen molar-refractivity contribution in [3.63, 3.8) is 0 Å². The fraction of sp³-hybridized carbons (Fsp3) is 0.769. The van der Waals surface area contributed by atoms with Crippen LogP contribution in [0.15, 0.2) is 0 Å². The van der Waals surface area contributed by atoms with Gasteiger partial charge in [-0.05, 0) is 33.1 Å². The summed E-state index contributed by atoms with van der Waals surface area (Å²) in [5, 5.41) is 8.07. The lowest BCUT2D eigenvalue weighted by Crippen LogP contribution is -2.26. The Bertz CT molecular complexity index is 380. The maximum atomic E-state index is 5.39. The summed E-state index contributed by atoms with van der Waals surface area (Å²) in [6.45, 7) is 9.30. The first-order valence-corrected chi connectivity index (χ1v) is 6.40. The molecule has 1 aliphatic heterocycles. The zero-order valence-corrected chi connectivity index (χ0v) is 11.3. The average molecular weight is 237 g/mol. The monoisotopic (exact) mass is 237 g/mol. The fourth-order valence-corrected chi connectivity index (χ4v) is 2.61. The van der Waals surface area contributed by atoms with Gasteiger partial charge in [0.25, 0.3) is 0 Å². The van der Waals surface area contributed by atoms with Crippen molar-refractivity contribution in [2.75, 3.05) is 19.8 Å². The Morgan fingerprint density at radius 2 is 2.29 bits per heavy atom. The van der Waals surface area contributed by atoms with Crippen molar-refractivity contribution in [2.24, 2.45) is 13.0 Å². The highest BCUT2D eigenvalue weighted by molar-refractivity contribution is 5.27. The number of hydrogen-bond donors (Lipinski definition) is 1. The molecule has 1 fully saturated rings. The number of rotatable bonds is 4. The Kier molecular flexibility index (Phi) is 3.84. The molecule has 0 amide bonds. The molecule has 0 aromatic carbocycles. The van der Waals surface area contributed by atoms with E-state index in [0.717, 1.165) is 25.5 Å². The molecule has 1 aromatic rings. The quantitative estimate of drug-likeness (QED) is 0.866. The van der Waals surface area contributed by atoms with Crippen molar-refractivity contribution >= 4 is 0 Å². The largest absolute Gasteiger partial charge is 0.381 e. The predicted molar refractivity (Wildman–Crippen MR) is 68.0 cm³/mol. The van der Waals surface area contributed by atoms with E-state index in [1.54, 1.807) is 0 Å². The number of aryl methyl sites for hydroxylation is 2. The first-order valence-electron chi connectivity index (χ1n) is 6.40. The van der Waals surface area contributed by atoms with Crippen LogP contribution >= 0.6 is 0 Å². The Hall–Kier alpha value is -0.870. The van der Waals surface area contributed by atoms with Crippen LogP contribution in [0.1, 0.15) is 36.3 Å². The van der Waals surface area contributed by atoms with Crippen LogP contribution < -0.4 is 5.32 Å². The topological polar surface area (TPSA) is 39.1 Å². The molecule has 0 radical (unpaired) electrons. The van der Waals surface area contributed by atoms with Gasteiger partial charge in [0.15, 0.2) is 0 Å². The van der Waals surface area contributed by atoms with E-state index in [1.807, 2.05) is 11.7 Å². The number of hydrogen-bond acceptors (Lipinski definition) is 3. The molecule has 96 valence electrons. The van der Waals surface area contributed by atoms with Gasteiger partial charge in [0, 0.05) is 37.5 Å². The molecule has 4 nitrogen and oxygen atoms in total. The normalized spacial score (nSPS) is 22.0. The van der Waals surface area contributed by atoms with Crippen LogP contribution in [-0.2, 0) is 11.8 Å². The molecule has 2 heterocycles. The van der Waals surface area contributed by atoms with E-state index in [-0.39, 0.29) is 0 Å². The molecule has 1 saturated heterocycles. The molecule has 4 heteroatoms. The first-order chi connectivity index (χ1) is 8.09. The number of nitrogens with one attached hydrogen (secondary N) is 1. The second-order valence-electron chi connectivity index (χ2n) is 5.07.